The molecule has 0 aromatic carbocycles. The molecule has 0 saturated carbocycles. The van der Waals surface area contributed by atoms with Crippen molar-refractivity contribution >= 4 is 11.9 Å². The van der Waals surface area contributed by atoms with Crippen molar-refractivity contribution in [2.45, 2.75) is 32.8 Å². The van der Waals surface area contributed by atoms with E-state index in [-0.39, 0.29) is 18.6 Å². The lowest BCUT2D eigenvalue weighted by molar-refractivity contribution is -0.154. The molecule has 1 fully saturated rings. The highest BCUT2D eigenvalue weighted by Crippen LogP contribution is 2.30. The van der Waals surface area contributed by atoms with E-state index in [1.807, 2.05) is 13.8 Å². The van der Waals surface area contributed by atoms with Crippen LogP contribution in [0.15, 0.2) is 18.3 Å². The van der Waals surface area contributed by atoms with Crippen LogP contribution in [-0.2, 0) is 9.53 Å². The molecule has 0 bridgehead atoms. The molecule has 1 aromatic rings. The summed E-state index contributed by atoms with van der Waals surface area (Å²) in [6.07, 6.45) is 2.21. The Labute approximate surface area is 135 Å². The largest absolute Gasteiger partial charge is 0.481 e. The van der Waals surface area contributed by atoms with Crippen LogP contribution in [0.5, 0.6) is 5.88 Å². The van der Waals surface area contributed by atoms with Crippen molar-refractivity contribution in [3.63, 3.8) is 0 Å². The molecule has 2 heterocycles. The lowest BCUT2D eigenvalue weighted by Gasteiger charge is -2.33. The Balaban J connectivity index is 1.97. The van der Waals surface area contributed by atoms with Gasteiger partial charge in [0.1, 0.15) is 0 Å². The molecule has 0 aliphatic carbocycles. The second-order valence-electron chi connectivity index (χ2n) is 5.93. The molecule has 0 radical (unpaired) electrons. The summed E-state index contributed by atoms with van der Waals surface area (Å²) >= 11 is 0. The third-order valence-electron chi connectivity index (χ3n) is 3.85. The van der Waals surface area contributed by atoms with Crippen LogP contribution in [0.3, 0.4) is 0 Å². The van der Waals surface area contributed by atoms with Crippen LogP contribution in [-0.4, -0.2) is 47.8 Å². The number of amides is 1. The maximum absolute atomic E-state index is 12.2. The minimum atomic E-state index is -0.956. The third kappa shape index (κ3) is 4.41. The molecule has 7 nitrogen and oxygen atoms in total. The van der Waals surface area contributed by atoms with E-state index in [1.165, 1.54) is 6.20 Å². The predicted molar refractivity (Wildman–Crippen MR) is 82.5 cm³/mol. The number of pyridine rings is 1. The molecule has 1 amide bonds. The molecule has 1 aliphatic heterocycles. The lowest BCUT2D eigenvalue weighted by Crippen LogP contribution is -2.46. The summed E-state index contributed by atoms with van der Waals surface area (Å²) in [5.74, 6) is -0.802. The van der Waals surface area contributed by atoms with Gasteiger partial charge in [0.15, 0.2) is 0 Å². The first-order valence-electron chi connectivity index (χ1n) is 7.65. The van der Waals surface area contributed by atoms with Gasteiger partial charge < -0.3 is 19.9 Å². The summed E-state index contributed by atoms with van der Waals surface area (Å²) in [5, 5.41) is 12.2. The van der Waals surface area contributed by atoms with Crippen LogP contribution in [0.4, 0.5) is 0 Å². The van der Waals surface area contributed by atoms with Crippen LogP contribution in [0.2, 0.25) is 0 Å². The van der Waals surface area contributed by atoms with Crippen molar-refractivity contribution in [2.75, 3.05) is 19.8 Å². The SMILES string of the molecule is CC(C)Oc1ccc(C(=O)NCC2(C(=O)O)CCOCC2)cn1. The van der Waals surface area contributed by atoms with Crippen molar-refractivity contribution in [3.05, 3.63) is 23.9 Å². The number of carbonyl (C=O) groups is 2. The summed E-state index contributed by atoms with van der Waals surface area (Å²) in [6, 6.07) is 3.23. The maximum atomic E-state index is 12.2. The van der Waals surface area contributed by atoms with Crippen LogP contribution in [0.1, 0.15) is 37.0 Å². The fraction of sp³-hybridized carbons (Fsp3) is 0.562. The van der Waals surface area contributed by atoms with E-state index in [4.69, 9.17) is 9.47 Å². The topological polar surface area (TPSA) is 97.8 Å². The van der Waals surface area contributed by atoms with E-state index >= 15 is 0 Å². The molecule has 2 N–H and O–H groups in total. The zero-order valence-corrected chi connectivity index (χ0v) is 13.4. The lowest BCUT2D eigenvalue weighted by atomic mass is 9.80. The minimum absolute atomic E-state index is 0.00567. The van der Waals surface area contributed by atoms with Gasteiger partial charge in [-0.3, -0.25) is 9.59 Å². The quantitative estimate of drug-likeness (QED) is 0.823. The Morgan fingerprint density at radius 2 is 2.09 bits per heavy atom. The monoisotopic (exact) mass is 322 g/mol. The van der Waals surface area contributed by atoms with Crippen molar-refractivity contribution < 1.29 is 24.2 Å². The molecule has 1 aromatic heterocycles. The predicted octanol–water partition coefficient (Wildman–Crippen LogP) is 1.48. The van der Waals surface area contributed by atoms with E-state index < -0.39 is 11.4 Å². The van der Waals surface area contributed by atoms with Crippen molar-refractivity contribution in [1.29, 1.82) is 0 Å². The number of carbonyl (C=O) groups excluding carboxylic acids is 1. The number of hydrogen-bond acceptors (Lipinski definition) is 5. The highest BCUT2D eigenvalue weighted by molar-refractivity contribution is 5.94. The van der Waals surface area contributed by atoms with Gasteiger partial charge in [0.25, 0.3) is 5.91 Å². The highest BCUT2D eigenvalue weighted by atomic mass is 16.5. The van der Waals surface area contributed by atoms with E-state index in [1.54, 1.807) is 12.1 Å². The average Bonchev–Trinajstić information content (AvgIpc) is 2.53. The average molecular weight is 322 g/mol. The minimum Gasteiger partial charge on any atom is -0.481 e. The van der Waals surface area contributed by atoms with Gasteiger partial charge >= 0.3 is 5.97 Å². The first kappa shape index (κ1) is 17.2. The fourth-order valence-corrected chi connectivity index (χ4v) is 2.41. The molecule has 0 atom stereocenters. The number of hydrogen-bond donors (Lipinski definition) is 2. The van der Waals surface area contributed by atoms with Crippen LogP contribution in [0, 0.1) is 5.41 Å². The Hall–Kier alpha value is -2.15. The van der Waals surface area contributed by atoms with E-state index in [0.29, 0.717) is 37.5 Å². The smallest absolute Gasteiger partial charge is 0.311 e. The second-order valence-corrected chi connectivity index (χ2v) is 5.93. The van der Waals surface area contributed by atoms with Crippen LogP contribution < -0.4 is 10.1 Å². The van der Waals surface area contributed by atoms with Gasteiger partial charge in [0.2, 0.25) is 5.88 Å². The molecular formula is C16H22N2O5. The number of ether oxygens (including phenoxy) is 2. The van der Waals surface area contributed by atoms with Crippen molar-refractivity contribution in [2.24, 2.45) is 5.41 Å². The van der Waals surface area contributed by atoms with Gasteiger partial charge in [0.05, 0.1) is 17.1 Å². The number of aliphatic carboxylic acids is 1. The summed E-state index contributed by atoms with van der Waals surface area (Å²) < 4.78 is 10.6. The van der Waals surface area contributed by atoms with E-state index in [9.17, 15) is 14.7 Å². The zero-order valence-electron chi connectivity index (χ0n) is 13.4. The van der Waals surface area contributed by atoms with Gasteiger partial charge in [-0.05, 0) is 32.8 Å². The third-order valence-corrected chi connectivity index (χ3v) is 3.85. The first-order chi connectivity index (χ1) is 10.9. The first-order valence-corrected chi connectivity index (χ1v) is 7.65. The fourth-order valence-electron chi connectivity index (χ4n) is 2.41. The Morgan fingerprint density at radius 1 is 1.39 bits per heavy atom. The van der Waals surface area contributed by atoms with Gasteiger partial charge in [-0.15, -0.1) is 0 Å². The molecule has 2 rings (SSSR count). The Kier molecular flexibility index (Phi) is 5.54. The van der Waals surface area contributed by atoms with Crippen molar-refractivity contribution in [1.82, 2.24) is 10.3 Å². The zero-order chi connectivity index (χ0) is 16.9. The number of carboxylic acid groups (broad SMARTS) is 1. The summed E-state index contributed by atoms with van der Waals surface area (Å²) in [7, 11) is 0. The van der Waals surface area contributed by atoms with Gasteiger partial charge in [0, 0.05) is 32.0 Å². The van der Waals surface area contributed by atoms with E-state index in [2.05, 4.69) is 10.3 Å². The van der Waals surface area contributed by atoms with Crippen molar-refractivity contribution in [3.8, 4) is 5.88 Å². The summed E-state index contributed by atoms with van der Waals surface area (Å²) in [6.45, 7) is 4.65. The second kappa shape index (κ2) is 7.41. The van der Waals surface area contributed by atoms with Crippen LogP contribution in [0.25, 0.3) is 0 Å². The number of rotatable bonds is 6. The van der Waals surface area contributed by atoms with Gasteiger partial charge in [-0.1, -0.05) is 0 Å². The molecule has 1 saturated heterocycles. The number of nitrogens with zero attached hydrogens (tertiary/aromatic N) is 1. The maximum Gasteiger partial charge on any atom is 0.311 e. The highest BCUT2D eigenvalue weighted by Gasteiger charge is 2.40. The van der Waals surface area contributed by atoms with Gasteiger partial charge in [-0.25, -0.2) is 4.98 Å². The standard InChI is InChI=1S/C16H22N2O5/c1-11(2)23-13-4-3-12(9-17-13)14(19)18-10-16(15(20)21)5-7-22-8-6-16/h3-4,9,11H,5-8,10H2,1-2H3,(H,18,19)(H,20,21). The molecular weight excluding hydrogens is 300 g/mol. The normalized spacial score (nSPS) is 16.8. The number of aromatic nitrogens is 1. The summed E-state index contributed by atoms with van der Waals surface area (Å²) in [4.78, 5) is 27.8. The Bertz CT molecular complexity index is 550. The molecule has 0 unspecified atom stereocenters. The molecule has 7 heteroatoms. The van der Waals surface area contributed by atoms with Crippen LogP contribution >= 0.6 is 0 Å². The number of nitrogens with one attached hydrogen (secondary N) is 1. The number of carboxylic acids is 1. The van der Waals surface area contributed by atoms with E-state index in [0.717, 1.165) is 0 Å². The molecule has 0 spiro atoms. The van der Waals surface area contributed by atoms with Gasteiger partial charge in [-0.2, -0.15) is 0 Å². The molecule has 1 aliphatic rings. The Morgan fingerprint density at radius 3 is 2.61 bits per heavy atom. The summed E-state index contributed by atoms with van der Waals surface area (Å²) in [5.41, 5.74) is -0.587. The molecule has 23 heavy (non-hydrogen) atoms. The molecule has 126 valence electrons.